The van der Waals surface area contributed by atoms with Crippen LogP contribution in [-0.2, 0) is 0 Å². The first kappa shape index (κ1) is 9.98. The summed E-state index contributed by atoms with van der Waals surface area (Å²) in [5, 5.41) is 4.24. The molecule has 1 N–H and O–H groups in total. The van der Waals surface area contributed by atoms with Crippen molar-refractivity contribution in [2.75, 3.05) is 11.6 Å². The van der Waals surface area contributed by atoms with E-state index in [2.05, 4.69) is 15.3 Å². The zero-order valence-electron chi connectivity index (χ0n) is 8.34. The number of anilines is 2. The average molecular weight is 217 g/mol. The van der Waals surface area contributed by atoms with Gasteiger partial charge in [0.1, 0.15) is 0 Å². The van der Waals surface area contributed by atoms with Crippen LogP contribution in [0.2, 0.25) is 0 Å². The van der Waals surface area contributed by atoms with Crippen LogP contribution in [0.4, 0.5) is 11.4 Å². The summed E-state index contributed by atoms with van der Waals surface area (Å²) in [5.74, 6) is 0. The topological polar surface area (TPSA) is 37.8 Å². The van der Waals surface area contributed by atoms with Crippen LogP contribution in [0.5, 0.6) is 0 Å². The van der Waals surface area contributed by atoms with Crippen molar-refractivity contribution in [2.24, 2.45) is 0 Å². The minimum atomic E-state index is 0.969. The summed E-state index contributed by atoms with van der Waals surface area (Å²) >= 11 is 1.63. The Labute approximate surface area is 93.0 Å². The second-order valence-electron chi connectivity index (χ2n) is 2.96. The van der Waals surface area contributed by atoms with Crippen molar-refractivity contribution in [2.45, 2.75) is 5.03 Å². The van der Waals surface area contributed by atoms with Gasteiger partial charge in [-0.1, -0.05) is 0 Å². The minimum absolute atomic E-state index is 0.969. The van der Waals surface area contributed by atoms with E-state index in [1.165, 1.54) is 0 Å². The molecular weight excluding hydrogens is 206 g/mol. The molecule has 2 heterocycles. The van der Waals surface area contributed by atoms with Crippen molar-refractivity contribution in [3.8, 4) is 0 Å². The summed E-state index contributed by atoms with van der Waals surface area (Å²) in [4.78, 5) is 8.30. The van der Waals surface area contributed by atoms with Crippen LogP contribution in [0.1, 0.15) is 0 Å². The predicted octanol–water partition coefficient (Wildman–Crippen LogP) is 2.94. The van der Waals surface area contributed by atoms with Crippen LogP contribution in [0.15, 0.2) is 47.9 Å². The Morgan fingerprint density at radius 2 is 2.00 bits per heavy atom. The van der Waals surface area contributed by atoms with E-state index in [-0.39, 0.29) is 0 Å². The number of nitrogens with one attached hydrogen (secondary N) is 1. The monoisotopic (exact) mass is 217 g/mol. The molecule has 0 aliphatic rings. The van der Waals surface area contributed by atoms with Gasteiger partial charge in [-0.25, -0.2) is 4.98 Å². The molecular formula is C11H11N3S. The number of nitrogens with zero attached hydrogens (tertiary/aromatic N) is 2. The highest BCUT2D eigenvalue weighted by Gasteiger charge is 1.95. The summed E-state index contributed by atoms with van der Waals surface area (Å²) in [7, 11) is 0. The summed E-state index contributed by atoms with van der Waals surface area (Å²) in [6.45, 7) is 0. The molecule has 0 bridgehead atoms. The van der Waals surface area contributed by atoms with E-state index >= 15 is 0 Å². The predicted molar refractivity (Wildman–Crippen MR) is 63.5 cm³/mol. The average Bonchev–Trinajstić information content (AvgIpc) is 2.31. The molecule has 0 saturated carbocycles. The Morgan fingerprint density at radius 3 is 2.60 bits per heavy atom. The van der Waals surface area contributed by atoms with Gasteiger partial charge in [0.25, 0.3) is 0 Å². The Morgan fingerprint density at radius 1 is 1.13 bits per heavy atom. The lowest BCUT2D eigenvalue weighted by Gasteiger charge is -2.05. The molecule has 0 saturated heterocycles. The zero-order valence-corrected chi connectivity index (χ0v) is 9.16. The van der Waals surface area contributed by atoms with E-state index in [4.69, 9.17) is 0 Å². The lowest BCUT2D eigenvalue weighted by molar-refractivity contribution is 1.14. The highest BCUT2D eigenvalue weighted by molar-refractivity contribution is 7.98. The second kappa shape index (κ2) is 4.79. The molecule has 0 radical (unpaired) electrons. The largest absolute Gasteiger partial charge is 0.353 e. The van der Waals surface area contributed by atoms with Crippen LogP contribution in [0, 0.1) is 0 Å². The fourth-order valence-electron chi connectivity index (χ4n) is 1.18. The molecule has 0 aromatic carbocycles. The number of rotatable bonds is 3. The third-order valence-electron chi connectivity index (χ3n) is 1.90. The zero-order chi connectivity index (χ0) is 10.5. The van der Waals surface area contributed by atoms with Crippen molar-refractivity contribution in [1.82, 2.24) is 9.97 Å². The van der Waals surface area contributed by atoms with Gasteiger partial charge in [0.2, 0.25) is 0 Å². The molecule has 0 aliphatic heterocycles. The Balaban J connectivity index is 2.11. The molecule has 4 heteroatoms. The molecule has 76 valence electrons. The number of hydrogen-bond donors (Lipinski definition) is 1. The molecule has 2 aromatic heterocycles. The van der Waals surface area contributed by atoms with Crippen molar-refractivity contribution in [3.63, 3.8) is 0 Å². The van der Waals surface area contributed by atoms with E-state index in [1.54, 1.807) is 24.2 Å². The molecule has 15 heavy (non-hydrogen) atoms. The maximum Gasteiger partial charge on any atom is 0.0958 e. The van der Waals surface area contributed by atoms with E-state index in [0.717, 1.165) is 16.4 Å². The van der Waals surface area contributed by atoms with E-state index < -0.39 is 0 Å². The minimum Gasteiger partial charge on any atom is -0.353 e. The van der Waals surface area contributed by atoms with E-state index in [9.17, 15) is 0 Å². The normalized spacial score (nSPS) is 9.93. The van der Waals surface area contributed by atoms with E-state index in [0.29, 0.717) is 0 Å². The Hall–Kier alpha value is -1.55. The van der Waals surface area contributed by atoms with Gasteiger partial charge in [-0.05, 0) is 30.5 Å². The molecule has 2 aromatic rings. The van der Waals surface area contributed by atoms with Gasteiger partial charge in [0.15, 0.2) is 0 Å². The number of hydrogen-bond acceptors (Lipinski definition) is 4. The van der Waals surface area contributed by atoms with Crippen molar-refractivity contribution in [1.29, 1.82) is 0 Å². The van der Waals surface area contributed by atoms with Crippen LogP contribution < -0.4 is 5.32 Å². The first-order valence-electron chi connectivity index (χ1n) is 4.55. The molecule has 2 rings (SSSR count). The molecule has 0 amide bonds. The van der Waals surface area contributed by atoms with Crippen molar-refractivity contribution >= 4 is 23.1 Å². The van der Waals surface area contributed by atoms with Gasteiger partial charge < -0.3 is 5.32 Å². The number of pyridine rings is 2. The molecule has 0 unspecified atom stereocenters. The van der Waals surface area contributed by atoms with Crippen LogP contribution in [0.25, 0.3) is 0 Å². The molecule has 0 spiro atoms. The van der Waals surface area contributed by atoms with Crippen LogP contribution in [-0.4, -0.2) is 16.2 Å². The fraction of sp³-hybridized carbons (Fsp3) is 0.0909. The van der Waals surface area contributed by atoms with Gasteiger partial charge in [0.05, 0.1) is 28.8 Å². The third-order valence-corrected chi connectivity index (χ3v) is 2.56. The summed E-state index contributed by atoms with van der Waals surface area (Å²) in [5.41, 5.74) is 1.94. The van der Waals surface area contributed by atoms with Gasteiger partial charge >= 0.3 is 0 Å². The molecule has 0 fully saturated rings. The summed E-state index contributed by atoms with van der Waals surface area (Å²) in [6.07, 6.45) is 7.36. The Kier molecular flexibility index (Phi) is 3.19. The standard InChI is InChI=1S/C11H11N3S/c1-15-11-5-4-10(8-13-11)14-9-3-2-6-12-7-9/h2-8,14H,1H3. The first-order valence-corrected chi connectivity index (χ1v) is 5.78. The van der Waals surface area contributed by atoms with Crippen molar-refractivity contribution in [3.05, 3.63) is 42.9 Å². The quantitative estimate of drug-likeness (QED) is 0.802. The van der Waals surface area contributed by atoms with E-state index in [1.807, 2.05) is 36.7 Å². The first-order chi connectivity index (χ1) is 7.38. The molecule has 0 aliphatic carbocycles. The van der Waals surface area contributed by atoms with Gasteiger partial charge in [-0.2, -0.15) is 0 Å². The fourth-order valence-corrected chi connectivity index (χ4v) is 1.54. The SMILES string of the molecule is CSc1ccc(Nc2cccnc2)cn1. The van der Waals surface area contributed by atoms with Crippen molar-refractivity contribution < 1.29 is 0 Å². The summed E-state index contributed by atoms with van der Waals surface area (Å²) < 4.78 is 0. The van der Waals surface area contributed by atoms with Crippen LogP contribution >= 0.6 is 11.8 Å². The highest BCUT2D eigenvalue weighted by Crippen LogP contribution is 2.17. The maximum atomic E-state index is 4.27. The van der Waals surface area contributed by atoms with Crippen LogP contribution in [0.3, 0.4) is 0 Å². The molecule has 0 atom stereocenters. The lowest BCUT2D eigenvalue weighted by Crippen LogP contribution is -1.91. The summed E-state index contributed by atoms with van der Waals surface area (Å²) in [6, 6.07) is 7.86. The second-order valence-corrected chi connectivity index (χ2v) is 3.78. The van der Waals surface area contributed by atoms with Gasteiger partial charge in [-0.15, -0.1) is 11.8 Å². The number of thioether (sulfide) groups is 1. The van der Waals surface area contributed by atoms with Gasteiger partial charge in [-0.3, -0.25) is 4.98 Å². The maximum absolute atomic E-state index is 4.27. The highest BCUT2D eigenvalue weighted by atomic mass is 32.2. The smallest absolute Gasteiger partial charge is 0.0958 e. The lowest BCUT2D eigenvalue weighted by atomic mass is 10.3. The third kappa shape index (κ3) is 2.70. The number of aromatic nitrogens is 2. The Bertz CT molecular complexity index is 414. The molecule has 3 nitrogen and oxygen atoms in total. The van der Waals surface area contributed by atoms with Gasteiger partial charge in [0, 0.05) is 6.20 Å².